The van der Waals surface area contributed by atoms with Gasteiger partial charge in [0.05, 0.1) is 17.6 Å². The van der Waals surface area contributed by atoms with Gasteiger partial charge in [-0.05, 0) is 36.6 Å². The Bertz CT molecular complexity index is 1340. The van der Waals surface area contributed by atoms with Crippen molar-refractivity contribution in [3.8, 4) is 5.75 Å². The number of rotatable bonds is 6. The summed E-state index contributed by atoms with van der Waals surface area (Å²) in [6, 6.07) is 9.51. The van der Waals surface area contributed by atoms with Crippen LogP contribution in [-0.2, 0) is 14.8 Å². The predicted molar refractivity (Wildman–Crippen MR) is 126 cm³/mol. The van der Waals surface area contributed by atoms with Crippen LogP contribution in [0.4, 0.5) is 22.7 Å². The van der Waals surface area contributed by atoms with Crippen molar-refractivity contribution in [1.29, 1.82) is 0 Å². The molecule has 37 heavy (non-hydrogen) atoms. The first-order valence-electron chi connectivity index (χ1n) is 11.4. The number of nitrogens with zero attached hydrogens (tertiary/aromatic N) is 3. The normalized spacial score (nSPS) is 22.8. The summed E-state index contributed by atoms with van der Waals surface area (Å²) >= 11 is 0.901. The van der Waals surface area contributed by atoms with Crippen molar-refractivity contribution < 1.29 is 35.5 Å². The third kappa shape index (κ3) is 5.87. The number of benzene rings is 2. The lowest BCUT2D eigenvalue weighted by molar-refractivity contribution is -0.347. The van der Waals surface area contributed by atoms with E-state index in [0.717, 1.165) is 17.1 Å². The number of piperidine rings is 1. The van der Waals surface area contributed by atoms with Crippen LogP contribution < -0.4 is 9.46 Å². The Morgan fingerprint density at radius 2 is 1.89 bits per heavy atom. The number of sulfonamides is 1. The van der Waals surface area contributed by atoms with Crippen LogP contribution in [0.25, 0.3) is 0 Å². The molecule has 2 aromatic carbocycles. The van der Waals surface area contributed by atoms with E-state index >= 15 is 0 Å². The van der Waals surface area contributed by atoms with Crippen LogP contribution in [-0.4, -0.2) is 48.3 Å². The van der Waals surface area contributed by atoms with E-state index in [9.17, 15) is 26.0 Å². The molecule has 0 saturated carbocycles. The highest BCUT2D eigenvalue weighted by atomic mass is 32.2. The molecular formula is C23H22F4N4O4S2. The first-order valence-corrected chi connectivity index (χ1v) is 13.7. The van der Waals surface area contributed by atoms with E-state index in [1.807, 2.05) is 0 Å². The number of anilines is 1. The Kier molecular flexibility index (Phi) is 7.09. The smallest absolute Gasteiger partial charge is 0.493 e. The van der Waals surface area contributed by atoms with Gasteiger partial charge in [-0.2, -0.15) is 4.37 Å². The van der Waals surface area contributed by atoms with Crippen molar-refractivity contribution in [3.05, 3.63) is 65.7 Å². The fourth-order valence-electron chi connectivity index (χ4n) is 4.89. The molecule has 198 valence electrons. The fourth-order valence-corrected chi connectivity index (χ4v) is 6.56. The van der Waals surface area contributed by atoms with Crippen LogP contribution in [0, 0.1) is 5.82 Å². The van der Waals surface area contributed by atoms with Crippen molar-refractivity contribution in [1.82, 2.24) is 14.3 Å². The molecule has 5 rings (SSSR count). The molecule has 1 aromatic heterocycles. The zero-order chi connectivity index (χ0) is 26.2. The molecule has 3 aromatic rings. The summed E-state index contributed by atoms with van der Waals surface area (Å²) in [5.41, 5.74) is 1.40. The standard InChI is InChI=1S/C23H22F4N4O4S2/c24-15-3-1-14(2-4-15)20-11-16(35-23(25,26)27)7-9-31(20)19-8-10-34-21-12-17(5-6-18(19)21)37(32,33)30-22-28-13-29-36-22/h1-6,12-13,16,19-20H,7-11H2,(H,28,29,30)/t16-,19+,20+/m0/s1. The number of aromatic nitrogens is 2. The largest absolute Gasteiger partial charge is 0.522 e. The van der Waals surface area contributed by atoms with Gasteiger partial charge < -0.3 is 4.74 Å². The highest BCUT2D eigenvalue weighted by Gasteiger charge is 2.41. The Morgan fingerprint density at radius 3 is 2.59 bits per heavy atom. The molecule has 1 N–H and O–H groups in total. The predicted octanol–water partition coefficient (Wildman–Crippen LogP) is 5.04. The average Bonchev–Trinajstić information content (AvgIpc) is 3.35. The highest BCUT2D eigenvalue weighted by Crippen LogP contribution is 2.45. The average molecular weight is 559 g/mol. The van der Waals surface area contributed by atoms with Gasteiger partial charge in [0.1, 0.15) is 17.9 Å². The van der Waals surface area contributed by atoms with Gasteiger partial charge in [-0.3, -0.25) is 14.4 Å². The van der Waals surface area contributed by atoms with Gasteiger partial charge in [0.25, 0.3) is 10.0 Å². The Balaban J connectivity index is 1.44. The van der Waals surface area contributed by atoms with Gasteiger partial charge in [-0.25, -0.2) is 17.8 Å². The maximum atomic E-state index is 13.6. The topological polar surface area (TPSA) is 93.7 Å². The molecule has 0 spiro atoms. The minimum absolute atomic E-state index is 0.0190. The molecule has 3 atom stereocenters. The molecule has 8 nitrogen and oxygen atoms in total. The molecule has 14 heteroatoms. The summed E-state index contributed by atoms with van der Waals surface area (Å²) < 4.78 is 94.4. The number of alkyl halides is 3. The molecule has 2 aliphatic heterocycles. The van der Waals surface area contributed by atoms with E-state index in [4.69, 9.17) is 4.74 Å². The second kappa shape index (κ2) is 10.2. The van der Waals surface area contributed by atoms with Crippen molar-refractivity contribution in [2.75, 3.05) is 17.9 Å². The Morgan fingerprint density at radius 1 is 1.11 bits per heavy atom. The lowest BCUT2D eigenvalue weighted by Crippen LogP contribution is -2.44. The minimum Gasteiger partial charge on any atom is -0.493 e. The van der Waals surface area contributed by atoms with Gasteiger partial charge >= 0.3 is 6.36 Å². The van der Waals surface area contributed by atoms with Crippen molar-refractivity contribution >= 4 is 26.7 Å². The van der Waals surface area contributed by atoms with Crippen LogP contribution in [0.3, 0.4) is 0 Å². The summed E-state index contributed by atoms with van der Waals surface area (Å²) in [6.07, 6.45) is -3.79. The van der Waals surface area contributed by atoms with Gasteiger partial charge in [0.15, 0.2) is 0 Å². The van der Waals surface area contributed by atoms with Crippen molar-refractivity contribution in [2.45, 2.75) is 48.7 Å². The van der Waals surface area contributed by atoms with Crippen LogP contribution in [0.1, 0.15) is 42.5 Å². The molecule has 0 amide bonds. The molecule has 0 bridgehead atoms. The van der Waals surface area contributed by atoms with E-state index in [2.05, 4.69) is 23.7 Å². The lowest BCUT2D eigenvalue weighted by atomic mass is 9.88. The summed E-state index contributed by atoms with van der Waals surface area (Å²) in [4.78, 5) is 5.88. The molecule has 0 aliphatic carbocycles. The van der Waals surface area contributed by atoms with Gasteiger partial charge in [-0.15, -0.1) is 13.2 Å². The number of likely N-dealkylation sites (tertiary alicyclic amines) is 1. The number of nitrogens with one attached hydrogen (secondary N) is 1. The van der Waals surface area contributed by atoms with Crippen LogP contribution >= 0.6 is 11.5 Å². The third-order valence-electron chi connectivity index (χ3n) is 6.44. The Hall–Kier alpha value is -2.81. The maximum Gasteiger partial charge on any atom is 0.522 e. The molecule has 3 heterocycles. The number of hydrogen-bond acceptors (Lipinski definition) is 8. The lowest BCUT2D eigenvalue weighted by Gasteiger charge is -2.45. The van der Waals surface area contributed by atoms with E-state index in [1.165, 1.54) is 30.6 Å². The quantitative estimate of drug-likeness (QED) is 0.424. The highest BCUT2D eigenvalue weighted by molar-refractivity contribution is 7.93. The van der Waals surface area contributed by atoms with Crippen LogP contribution in [0.2, 0.25) is 0 Å². The SMILES string of the molecule is O=S(=O)(Nc1ncns1)c1ccc2c(c1)OCC[C@H]2N1CC[C@H](OC(F)(F)F)C[C@@H]1c1ccc(F)cc1. The molecule has 1 fully saturated rings. The third-order valence-corrected chi connectivity index (χ3v) is 8.48. The van der Waals surface area contributed by atoms with Crippen molar-refractivity contribution in [3.63, 3.8) is 0 Å². The van der Waals surface area contributed by atoms with Crippen LogP contribution in [0.15, 0.2) is 53.7 Å². The van der Waals surface area contributed by atoms with E-state index in [1.54, 1.807) is 18.2 Å². The molecule has 0 unspecified atom stereocenters. The fraction of sp³-hybridized carbons (Fsp3) is 0.391. The minimum atomic E-state index is -4.75. The zero-order valence-electron chi connectivity index (χ0n) is 19.2. The summed E-state index contributed by atoms with van der Waals surface area (Å²) in [5, 5.41) is 0.127. The second-order valence-corrected chi connectivity index (χ2v) is 11.2. The van der Waals surface area contributed by atoms with Gasteiger partial charge in [-0.1, -0.05) is 18.2 Å². The molecule has 1 saturated heterocycles. The van der Waals surface area contributed by atoms with E-state index in [-0.39, 0.29) is 28.9 Å². The zero-order valence-corrected chi connectivity index (χ0v) is 20.8. The Labute approximate surface area is 214 Å². The summed E-state index contributed by atoms with van der Waals surface area (Å²) in [6.45, 7) is 0.589. The first-order chi connectivity index (χ1) is 17.6. The maximum absolute atomic E-state index is 13.6. The molecular weight excluding hydrogens is 536 g/mol. The molecule has 0 radical (unpaired) electrons. The summed E-state index contributed by atoms with van der Waals surface area (Å²) in [5.74, 6) is -0.0654. The number of hydrogen-bond donors (Lipinski definition) is 1. The number of halogens is 4. The second-order valence-electron chi connectivity index (χ2n) is 8.72. The van der Waals surface area contributed by atoms with Crippen LogP contribution in [0.5, 0.6) is 5.75 Å². The number of ether oxygens (including phenoxy) is 2. The monoisotopic (exact) mass is 558 g/mol. The summed E-state index contributed by atoms with van der Waals surface area (Å²) in [7, 11) is -3.94. The van der Waals surface area contributed by atoms with E-state index in [0.29, 0.717) is 30.9 Å². The van der Waals surface area contributed by atoms with Gasteiger partial charge in [0.2, 0.25) is 5.13 Å². The van der Waals surface area contributed by atoms with Gasteiger partial charge in [0, 0.05) is 48.2 Å². The van der Waals surface area contributed by atoms with Crippen molar-refractivity contribution in [2.24, 2.45) is 0 Å². The molecule has 2 aliphatic rings. The number of fused-ring (bicyclic) bond motifs is 1. The van der Waals surface area contributed by atoms with E-state index < -0.39 is 34.3 Å². The first kappa shape index (κ1) is 25.8.